The van der Waals surface area contributed by atoms with E-state index in [0.717, 1.165) is 5.56 Å². The molecule has 0 aliphatic heterocycles. The summed E-state index contributed by atoms with van der Waals surface area (Å²) < 4.78 is 0. The number of hydrogen-bond donors (Lipinski definition) is 1. The van der Waals surface area contributed by atoms with Gasteiger partial charge in [0.1, 0.15) is 5.75 Å². The minimum absolute atomic E-state index is 0.0412. The first kappa shape index (κ1) is 17.7. The van der Waals surface area contributed by atoms with Crippen molar-refractivity contribution >= 4 is 28.8 Å². The van der Waals surface area contributed by atoms with Crippen LogP contribution in [0.25, 0.3) is 0 Å². The molecule has 5 heteroatoms. The van der Waals surface area contributed by atoms with Crippen LogP contribution in [0, 0.1) is 6.92 Å². The quantitative estimate of drug-likeness (QED) is 0.574. The Kier molecular flexibility index (Phi) is 4.08. The molecule has 28 heavy (non-hydrogen) atoms. The van der Waals surface area contributed by atoms with Crippen LogP contribution >= 0.6 is 0 Å². The topological polar surface area (TPSA) is 74.7 Å². The Morgan fingerprint density at radius 1 is 0.821 bits per heavy atom. The number of amides is 1. The molecule has 0 bridgehead atoms. The summed E-state index contributed by atoms with van der Waals surface area (Å²) in [6.45, 7) is 3.33. The average Bonchev–Trinajstić information content (AvgIpc) is 2.68. The van der Waals surface area contributed by atoms with Gasteiger partial charge in [0, 0.05) is 23.7 Å². The highest BCUT2D eigenvalue weighted by Gasteiger charge is 2.36. The summed E-state index contributed by atoms with van der Waals surface area (Å²) in [5.74, 6) is -1.42. The van der Waals surface area contributed by atoms with E-state index in [9.17, 15) is 19.5 Å². The number of fused-ring (bicyclic) bond motifs is 2. The molecule has 1 aliphatic carbocycles. The molecule has 0 saturated carbocycles. The largest absolute Gasteiger partial charge is 0.507 e. The van der Waals surface area contributed by atoms with E-state index in [2.05, 4.69) is 0 Å². The van der Waals surface area contributed by atoms with Crippen molar-refractivity contribution in [3.8, 4) is 5.75 Å². The molecule has 0 unspecified atom stereocenters. The Labute approximate surface area is 161 Å². The summed E-state index contributed by atoms with van der Waals surface area (Å²) in [7, 11) is 0. The third kappa shape index (κ3) is 2.60. The van der Waals surface area contributed by atoms with Crippen LogP contribution < -0.4 is 4.90 Å². The summed E-state index contributed by atoms with van der Waals surface area (Å²) in [6, 6.07) is 16.6. The number of carbonyl (C=O) groups excluding carboxylic acids is 3. The monoisotopic (exact) mass is 371 g/mol. The lowest BCUT2D eigenvalue weighted by molar-refractivity contribution is -0.115. The van der Waals surface area contributed by atoms with Gasteiger partial charge in [-0.1, -0.05) is 42.0 Å². The zero-order chi connectivity index (χ0) is 20.0. The number of anilines is 2. The molecule has 0 spiro atoms. The molecule has 1 amide bonds. The van der Waals surface area contributed by atoms with Gasteiger partial charge >= 0.3 is 0 Å². The van der Waals surface area contributed by atoms with E-state index in [-0.39, 0.29) is 39.6 Å². The molecule has 0 saturated heterocycles. The molecule has 0 fully saturated rings. The normalized spacial score (nSPS) is 12.4. The summed E-state index contributed by atoms with van der Waals surface area (Å²) >= 11 is 0. The number of aromatic hydroxyl groups is 1. The molecular formula is C23H17NO4. The predicted octanol–water partition coefficient (Wildman–Crippen LogP) is 4.16. The van der Waals surface area contributed by atoms with Crippen LogP contribution in [-0.2, 0) is 4.79 Å². The fraction of sp³-hybridized carbons (Fsp3) is 0.0870. The first-order valence-corrected chi connectivity index (χ1v) is 8.82. The van der Waals surface area contributed by atoms with E-state index in [0.29, 0.717) is 5.69 Å². The lowest BCUT2D eigenvalue weighted by atomic mass is 9.82. The lowest BCUT2D eigenvalue weighted by Gasteiger charge is -2.27. The third-order valence-corrected chi connectivity index (χ3v) is 4.88. The van der Waals surface area contributed by atoms with Crippen molar-refractivity contribution < 1.29 is 19.5 Å². The van der Waals surface area contributed by atoms with Gasteiger partial charge in [-0.15, -0.1) is 0 Å². The Morgan fingerprint density at radius 3 is 1.96 bits per heavy atom. The summed E-state index contributed by atoms with van der Waals surface area (Å²) in [5, 5.41) is 10.3. The molecule has 0 aromatic heterocycles. The first-order valence-electron chi connectivity index (χ1n) is 8.82. The first-order chi connectivity index (χ1) is 13.4. The molecule has 0 atom stereocenters. The van der Waals surface area contributed by atoms with Gasteiger partial charge in [0.25, 0.3) is 0 Å². The highest BCUT2D eigenvalue weighted by Crippen LogP contribution is 2.40. The van der Waals surface area contributed by atoms with E-state index >= 15 is 0 Å². The maximum Gasteiger partial charge on any atom is 0.228 e. The number of phenols is 1. The van der Waals surface area contributed by atoms with Crippen LogP contribution in [0.3, 0.4) is 0 Å². The number of benzene rings is 3. The number of phenolic OH excluding ortho intramolecular Hbond substituents is 1. The van der Waals surface area contributed by atoms with Gasteiger partial charge in [-0.25, -0.2) is 0 Å². The van der Waals surface area contributed by atoms with E-state index in [4.69, 9.17) is 0 Å². The third-order valence-electron chi connectivity index (χ3n) is 4.88. The van der Waals surface area contributed by atoms with Gasteiger partial charge in [0.2, 0.25) is 5.91 Å². The second-order valence-corrected chi connectivity index (χ2v) is 6.75. The van der Waals surface area contributed by atoms with E-state index in [1.54, 1.807) is 36.4 Å². The fourth-order valence-corrected chi connectivity index (χ4v) is 3.56. The SMILES string of the molecule is CC(=O)N(c1ccc(C)cc1)c1ccc(O)c2c1C(=O)c1ccccc1C2=O. The molecule has 3 aromatic carbocycles. The zero-order valence-electron chi connectivity index (χ0n) is 15.4. The van der Waals surface area contributed by atoms with Crippen LogP contribution in [0.2, 0.25) is 0 Å². The predicted molar refractivity (Wildman–Crippen MR) is 105 cm³/mol. The van der Waals surface area contributed by atoms with E-state index < -0.39 is 11.6 Å². The molecule has 138 valence electrons. The van der Waals surface area contributed by atoms with Crippen molar-refractivity contribution in [3.05, 3.63) is 88.5 Å². The van der Waals surface area contributed by atoms with Crippen molar-refractivity contribution in [1.29, 1.82) is 0 Å². The van der Waals surface area contributed by atoms with Crippen LogP contribution in [0.4, 0.5) is 11.4 Å². The van der Waals surface area contributed by atoms with Crippen molar-refractivity contribution in [2.45, 2.75) is 13.8 Å². The fourth-order valence-electron chi connectivity index (χ4n) is 3.56. The second kappa shape index (κ2) is 6.46. The molecule has 0 radical (unpaired) electrons. The molecule has 4 rings (SSSR count). The summed E-state index contributed by atoms with van der Waals surface area (Å²) in [4.78, 5) is 40.1. The Hall–Kier alpha value is -3.73. The number of nitrogens with zero attached hydrogens (tertiary/aromatic N) is 1. The lowest BCUT2D eigenvalue weighted by Crippen LogP contribution is -2.28. The molecule has 0 heterocycles. The van der Waals surface area contributed by atoms with Crippen LogP contribution in [0.1, 0.15) is 44.3 Å². The highest BCUT2D eigenvalue weighted by molar-refractivity contribution is 6.31. The van der Waals surface area contributed by atoms with Gasteiger partial charge in [0.05, 0.1) is 16.8 Å². The smallest absolute Gasteiger partial charge is 0.228 e. The minimum atomic E-state index is -0.433. The molecular weight excluding hydrogens is 354 g/mol. The van der Waals surface area contributed by atoms with Crippen LogP contribution in [0.15, 0.2) is 60.7 Å². The van der Waals surface area contributed by atoms with Gasteiger partial charge in [-0.05, 0) is 31.2 Å². The molecule has 3 aromatic rings. The maximum atomic E-state index is 13.2. The summed E-state index contributed by atoms with van der Waals surface area (Å²) in [5.41, 5.74) is 2.36. The number of carbonyl (C=O) groups is 3. The highest BCUT2D eigenvalue weighted by atomic mass is 16.3. The number of ketones is 2. The minimum Gasteiger partial charge on any atom is -0.507 e. The second-order valence-electron chi connectivity index (χ2n) is 6.75. The van der Waals surface area contributed by atoms with Crippen molar-refractivity contribution in [2.24, 2.45) is 0 Å². The number of rotatable bonds is 2. The number of aryl methyl sites for hydroxylation is 1. The van der Waals surface area contributed by atoms with E-state index in [1.807, 2.05) is 19.1 Å². The number of hydrogen-bond acceptors (Lipinski definition) is 4. The van der Waals surface area contributed by atoms with Crippen LogP contribution in [-0.4, -0.2) is 22.6 Å². The van der Waals surface area contributed by atoms with Gasteiger partial charge < -0.3 is 5.11 Å². The molecule has 1 aliphatic rings. The average molecular weight is 371 g/mol. The van der Waals surface area contributed by atoms with E-state index in [1.165, 1.54) is 24.0 Å². The van der Waals surface area contributed by atoms with Gasteiger partial charge in [0.15, 0.2) is 11.6 Å². The van der Waals surface area contributed by atoms with Crippen molar-refractivity contribution in [2.75, 3.05) is 4.90 Å². The van der Waals surface area contributed by atoms with Crippen molar-refractivity contribution in [3.63, 3.8) is 0 Å². The zero-order valence-corrected chi connectivity index (χ0v) is 15.4. The Morgan fingerprint density at radius 2 is 1.39 bits per heavy atom. The summed E-state index contributed by atoms with van der Waals surface area (Å²) in [6.07, 6.45) is 0. The molecule has 5 nitrogen and oxygen atoms in total. The Balaban J connectivity index is 2.00. The van der Waals surface area contributed by atoms with Gasteiger partial charge in [-0.3, -0.25) is 19.3 Å². The van der Waals surface area contributed by atoms with Gasteiger partial charge in [-0.2, -0.15) is 0 Å². The van der Waals surface area contributed by atoms with Crippen LogP contribution in [0.5, 0.6) is 5.75 Å². The van der Waals surface area contributed by atoms with Crippen molar-refractivity contribution in [1.82, 2.24) is 0 Å². The standard InChI is InChI=1S/C23H17NO4/c1-13-7-9-15(10-8-13)24(14(2)25)18-11-12-19(26)21-20(18)22(27)16-5-3-4-6-17(16)23(21)28/h3-12,26H,1-2H3. The molecule has 1 N–H and O–H groups in total. The Bertz CT molecular complexity index is 1150. The maximum absolute atomic E-state index is 13.2.